The molecule has 2 heterocycles. The van der Waals surface area contributed by atoms with Crippen LogP contribution in [0.4, 0.5) is 0 Å². The number of aromatic nitrogens is 2. The van der Waals surface area contributed by atoms with Gasteiger partial charge in [-0.05, 0) is 24.3 Å². The number of hydrogen-bond acceptors (Lipinski definition) is 3. The quantitative estimate of drug-likeness (QED) is 0.598. The van der Waals surface area contributed by atoms with Crippen LogP contribution < -0.4 is 10.6 Å². The first kappa shape index (κ1) is 18.5. The van der Waals surface area contributed by atoms with Gasteiger partial charge in [-0.1, -0.05) is 26.8 Å². The standard InChI is InChI=1S/C18H29N5S/c1-6-15-14(16(7-2)23(5)22-15)12-21-18(19-4)20-11-13(3)17-9-8-10-24-17/h8-10,13H,6-7,11-12H2,1-5H3,(H2,19,20,21). The molecule has 132 valence electrons. The lowest BCUT2D eigenvalue weighted by Crippen LogP contribution is -2.38. The van der Waals surface area contributed by atoms with Crippen molar-refractivity contribution in [2.45, 2.75) is 46.1 Å². The Kier molecular flexibility index (Phi) is 6.85. The molecule has 1 atom stereocenters. The van der Waals surface area contributed by atoms with Gasteiger partial charge in [0, 0.05) is 49.2 Å². The van der Waals surface area contributed by atoms with Crippen molar-refractivity contribution < 1.29 is 0 Å². The van der Waals surface area contributed by atoms with E-state index in [-0.39, 0.29) is 0 Å². The molecular weight excluding hydrogens is 318 g/mol. The number of rotatable bonds is 7. The molecule has 5 nitrogen and oxygen atoms in total. The monoisotopic (exact) mass is 347 g/mol. The molecule has 0 saturated carbocycles. The third kappa shape index (κ3) is 4.38. The largest absolute Gasteiger partial charge is 0.356 e. The zero-order valence-corrected chi connectivity index (χ0v) is 16.2. The maximum absolute atomic E-state index is 4.63. The van der Waals surface area contributed by atoms with Crippen LogP contribution in [-0.4, -0.2) is 29.3 Å². The van der Waals surface area contributed by atoms with E-state index in [1.165, 1.54) is 21.8 Å². The first-order valence-electron chi connectivity index (χ1n) is 8.62. The Bertz CT molecular complexity index is 657. The first-order valence-corrected chi connectivity index (χ1v) is 9.50. The lowest BCUT2D eigenvalue weighted by atomic mass is 10.1. The molecule has 0 radical (unpaired) electrons. The maximum atomic E-state index is 4.63. The van der Waals surface area contributed by atoms with E-state index in [9.17, 15) is 0 Å². The SMILES string of the molecule is CCc1nn(C)c(CC)c1CNC(=NC)NCC(C)c1cccs1. The van der Waals surface area contributed by atoms with E-state index in [0.717, 1.165) is 31.9 Å². The number of nitrogens with zero attached hydrogens (tertiary/aromatic N) is 3. The van der Waals surface area contributed by atoms with Gasteiger partial charge in [0.15, 0.2) is 5.96 Å². The van der Waals surface area contributed by atoms with Crippen LogP contribution in [0.3, 0.4) is 0 Å². The summed E-state index contributed by atoms with van der Waals surface area (Å²) in [4.78, 5) is 5.74. The summed E-state index contributed by atoms with van der Waals surface area (Å²) >= 11 is 1.80. The van der Waals surface area contributed by atoms with E-state index in [0.29, 0.717) is 5.92 Å². The summed E-state index contributed by atoms with van der Waals surface area (Å²) in [6.45, 7) is 8.19. The molecule has 0 aromatic carbocycles. The number of thiophene rings is 1. The van der Waals surface area contributed by atoms with Gasteiger partial charge >= 0.3 is 0 Å². The molecule has 2 aromatic rings. The minimum atomic E-state index is 0.472. The Morgan fingerprint density at radius 2 is 2.12 bits per heavy atom. The Hall–Kier alpha value is -1.82. The average Bonchev–Trinajstić information content (AvgIpc) is 3.22. The molecular formula is C18H29N5S. The molecule has 0 spiro atoms. The van der Waals surface area contributed by atoms with Crippen LogP contribution in [0.5, 0.6) is 0 Å². The Morgan fingerprint density at radius 3 is 2.71 bits per heavy atom. The Labute approximate surface area is 149 Å². The fourth-order valence-corrected chi connectivity index (χ4v) is 3.70. The summed E-state index contributed by atoms with van der Waals surface area (Å²) < 4.78 is 2.00. The highest BCUT2D eigenvalue weighted by atomic mass is 32.1. The predicted octanol–water partition coefficient (Wildman–Crippen LogP) is 3.08. The Morgan fingerprint density at radius 1 is 1.33 bits per heavy atom. The van der Waals surface area contributed by atoms with E-state index in [4.69, 9.17) is 0 Å². The minimum Gasteiger partial charge on any atom is -0.356 e. The summed E-state index contributed by atoms with van der Waals surface area (Å²) in [7, 11) is 3.84. The van der Waals surface area contributed by atoms with E-state index in [2.05, 4.69) is 59.0 Å². The molecule has 0 aliphatic heterocycles. The van der Waals surface area contributed by atoms with Gasteiger partial charge in [0.2, 0.25) is 0 Å². The van der Waals surface area contributed by atoms with Crippen molar-refractivity contribution in [2.24, 2.45) is 12.0 Å². The van der Waals surface area contributed by atoms with Gasteiger partial charge < -0.3 is 10.6 Å². The summed E-state index contributed by atoms with van der Waals surface area (Å²) in [6, 6.07) is 4.29. The molecule has 2 aromatic heterocycles. The van der Waals surface area contributed by atoms with Crippen LogP contribution in [0.15, 0.2) is 22.5 Å². The highest BCUT2D eigenvalue weighted by molar-refractivity contribution is 7.10. The molecule has 1 unspecified atom stereocenters. The van der Waals surface area contributed by atoms with Crippen LogP contribution in [0.2, 0.25) is 0 Å². The second-order valence-electron chi connectivity index (χ2n) is 5.93. The lowest BCUT2D eigenvalue weighted by molar-refractivity contribution is 0.698. The molecule has 2 rings (SSSR count). The van der Waals surface area contributed by atoms with Gasteiger partial charge in [-0.2, -0.15) is 5.10 Å². The van der Waals surface area contributed by atoms with Crippen LogP contribution in [0.25, 0.3) is 0 Å². The predicted molar refractivity (Wildman–Crippen MR) is 103 cm³/mol. The molecule has 0 fully saturated rings. The molecule has 0 aliphatic rings. The second kappa shape index (κ2) is 8.87. The average molecular weight is 348 g/mol. The minimum absolute atomic E-state index is 0.472. The highest BCUT2D eigenvalue weighted by Gasteiger charge is 2.14. The lowest BCUT2D eigenvalue weighted by Gasteiger charge is -2.15. The molecule has 0 saturated heterocycles. The van der Waals surface area contributed by atoms with E-state index < -0.39 is 0 Å². The van der Waals surface area contributed by atoms with Crippen molar-refractivity contribution in [3.8, 4) is 0 Å². The zero-order chi connectivity index (χ0) is 17.5. The molecule has 2 N–H and O–H groups in total. The Balaban J connectivity index is 1.94. The molecule has 6 heteroatoms. The summed E-state index contributed by atoms with van der Waals surface area (Å²) in [6.07, 6.45) is 1.94. The molecule has 0 aliphatic carbocycles. The van der Waals surface area contributed by atoms with E-state index in [1.54, 1.807) is 11.3 Å². The maximum Gasteiger partial charge on any atom is 0.191 e. The zero-order valence-electron chi connectivity index (χ0n) is 15.4. The van der Waals surface area contributed by atoms with Gasteiger partial charge in [-0.25, -0.2) is 0 Å². The first-order chi connectivity index (χ1) is 11.6. The van der Waals surface area contributed by atoms with Crippen LogP contribution in [0.1, 0.15) is 48.5 Å². The van der Waals surface area contributed by atoms with Crippen molar-refractivity contribution in [3.05, 3.63) is 39.3 Å². The van der Waals surface area contributed by atoms with Gasteiger partial charge in [-0.3, -0.25) is 9.67 Å². The van der Waals surface area contributed by atoms with E-state index in [1.807, 2.05) is 18.8 Å². The number of hydrogen-bond donors (Lipinski definition) is 2. The van der Waals surface area contributed by atoms with Crippen molar-refractivity contribution in [1.29, 1.82) is 0 Å². The molecule has 0 bridgehead atoms. The topological polar surface area (TPSA) is 54.2 Å². The summed E-state index contributed by atoms with van der Waals surface area (Å²) in [5.74, 6) is 1.31. The van der Waals surface area contributed by atoms with Crippen LogP contribution in [0, 0.1) is 0 Å². The molecule has 24 heavy (non-hydrogen) atoms. The highest BCUT2D eigenvalue weighted by Crippen LogP contribution is 2.19. The van der Waals surface area contributed by atoms with Crippen LogP contribution in [-0.2, 0) is 26.4 Å². The summed E-state index contributed by atoms with van der Waals surface area (Å²) in [5, 5.41) is 13.6. The van der Waals surface area contributed by atoms with Gasteiger partial charge in [-0.15, -0.1) is 11.3 Å². The van der Waals surface area contributed by atoms with Gasteiger partial charge in [0.1, 0.15) is 0 Å². The fraction of sp³-hybridized carbons (Fsp3) is 0.556. The smallest absolute Gasteiger partial charge is 0.191 e. The van der Waals surface area contributed by atoms with Gasteiger partial charge in [0.25, 0.3) is 0 Å². The number of guanidine groups is 1. The molecule has 0 amide bonds. The fourth-order valence-electron chi connectivity index (χ4n) is 2.91. The van der Waals surface area contributed by atoms with Crippen molar-refractivity contribution in [3.63, 3.8) is 0 Å². The normalized spacial score (nSPS) is 13.1. The van der Waals surface area contributed by atoms with Crippen molar-refractivity contribution in [1.82, 2.24) is 20.4 Å². The number of aryl methyl sites for hydroxylation is 2. The second-order valence-corrected chi connectivity index (χ2v) is 6.91. The third-order valence-electron chi connectivity index (χ3n) is 4.29. The number of nitrogens with one attached hydrogen (secondary N) is 2. The summed E-state index contributed by atoms with van der Waals surface area (Å²) in [5.41, 5.74) is 3.77. The van der Waals surface area contributed by atoms with Crippen molar-refractivity contribution in [2.75, 3.05) is 13.6 Å². The van der Waals surface area contributed by atoms with Crippen LogP contribution >= 0.6 is 11.3 Å². The van der Waals surface area contributed by atoms with Crippen molar-refractivity contribution >= 4 is 17.3 Å². The van der Waals surface area contributed by atoms with Gasteiger partial charge in [0.05, 0.1) is 5.69 Å². The number of aliphatic imine (C=N–C) groups is 1. The third-order valence-corrected chi connectivity index (χ3v) is 5.39. The van der Waals surface area contributed by atoms with E-state index >= 15 is 0 Å².